The maximum absolute atomic E-state index is 12.6. The number of para-hydroxylation sites is 1. The van der Waals surface area contributed by atoms with Gasteiger partial charge in [-0.3, -0.25) is 15.0 Å². The van der Waals surface area contributed by atoms with Crippen LogP contribution in [0.2, 0.25) is 0 Å². The molecule has 6 nitrogen and oxygen atoms in total. The van der Waals surface area contributed by atoms with Gasteiger partial charge in [-0.2, -0.15) is 0 Å². The Labute approximate surface area is 136 Å². The molecule has 1 saturated heterocycles. The van der Waals surface area contributed by atoms with Crippen LogP contribution in [-0.2, 0) is 11.3 Å². The zero-order valence-corrected chi connectivity index (χ0v) is 14.2. The van der Waals surface area contributed by atoms with Gasteiger partial charge < -0.3 is 4.74 Å². The van der Waals surface area contributed by atoms with Crippen molar-refractivity contribution in [2.24, 2.45) is 0 Å². The fourth-order valence-electron chi connectivity index (χ4n) is 3.51. The zero-order chi connectivity index (χ0) is 17.3. The fraction of sp³-hybridized carbons (Fsp3) is 0.588. The molecule has 0 aromatic heterocycles. The third kappa shape index (κ3) is 3.63. The van der Waals surface area contributed by atoms with E-state index in [4.69, 9.17) is 4.74 Å². The lowest BCUT2D eigenvalue weighted by molar-refractivity contribution is -0.385. The molecule has 2 rings (SSSR count). The Morgan fingerprint density at radius 1 is 1.22 bits per heavy atom. The van der Waals surface area contributed by atoms with Crippen molar-refractivity contribution in [3.8, 4) is 0 Å². The number of carbonyl (C=O) groups excluding carboxylic acids is 1. The maximum atomic E-state index is 12.6. The number of ether oxygens (including phenoxy) is 1. The van der Waals surface area contributed by atoms with Crippen molar-refractivity contribution in [2.75, 3.05) is 0 Å². The van der Waals surface area contributed by atoms with Crippen molar-refractivity contribution >= 4 is 11.8 Å². The van der Waals surface area contributed by atoms with Gasteiger partial charge in [-0.1, -0.05) is 12.1 Å². The highest BCUT2D eigenvalue weighted by atomic mass is 16.6. The molecule has 0 saturated carbocycles. The molecule has 1 aliphatic rings. The fourth-order valence-corrected chi connectivity index (χ4v) is 3.51. The molecule has 126 valence electrons. The number of carbonyl (C=O) groups is 1. The van der Waals surface area contributed by atoms with Crippen molar-refractivity contribution < 1.29 is 14.5 Å². The third-order valence-electron chi connectivity index (χ3n) is 4.51. The molecule has 23 heavy (non-hydrogen) atoms. The number of hydrogen-bond donors (Lipinski definition) is 0. The first-order chi connectivity index (χ1) is 10.6. The smallest absolute Gasteiger partial charge is 0.410 e. The highest BCUT2D eigenvalue weighted by molar-refractivity contribution is 5.70. The van der Waals surface area contributed by atoms with E-state index in [1.807, 2.05) is 27.7 Å². The van der Waals surface area contributed by atoms with Crippen LogP contribution in [-0.4, -0.2) is 27.0 Å². The van der Waals surface area contributed by atoms with E-state index >= 15 is 0 Å². The largest absolute Gasteiger partial charge is 0.444 e. The average Bonchev–Trinajstić information content (AvgIpc) is 2.43. The van der Waals surface area contributed by atoms with E-state index in [2.05, 4.69) is 0 Å². The number of nitrogens with zero attached hydrogens (tertiary/aromatic N) is 2. The summed E-state index contributed by atoms with van der Waals surface area (Å²) in [5.41, 5.74) is -0.209. The second kappa shape index (κ2) is 6.18. The summed E-state index contributed by atoms with van der Waals surface area (Å²) in [6, 6.07) is 6.32. The second-order valence-corrected chi connectivity index (χ2v) is 7.25. The van der Waals surface area contributed by atoms with Gasteiger partial charge in [0.25, 0.3) is 5.69 Å². The van der Waals surface area contributed by atoms with E-state index in [9.17, 15) is 14.9 Å². The Hall–Kier alpha value is -2.11. The minimum absolute atomic E-state index is 0.0301. The first-order valence-electron chi connectivity index (χ1n) is 7.84. The van der Waals surface area contributed by atoms with Crippen LogP contribution in [0.25, 0.3) is 0 Å². The summed E-state index contributed by atoms with van der Waals surface area (Å²) in [5.74, 6) is 0. The van der Waals surface area contributed by atoms with E-state index in [-0.39, 0.29) is 23.4 Å². The number of piperidine rings is 1. The van der Waals surface area contributed by atoms with Gasteiger partial charge in [-0.15, -0.1) is 0 Å². The summed E-state index contributed by atoms with van der Waals surface area (Å²) in [5, 5.41) is 11.0. The summed E-state index contributed by atoms with van der Waals surface area (Å²) >= 11 is 0. The molecule has 1 aromatic carbocycles. The van der Waals surface area contributed by atoms with Crippen LogP contribution in [0, 0.1) is 10.1 Å². The second-order valence-electron chi connectivity index (χ2n) is 7.25. The van der Waals surface area contributed by atoms with E-state index in [1.165, 1.54) is 6.07 Å². The van der Waals surface area contributed by atoms with Crippen molar-refractivity contribution in [2.45, 2.75) is 64.6 Å². The highest BCUT2D eigenvalue weighted by Crippen LogP contribution is 2.38. The highest BCUT2D eigenvalue weighted by Gasteiger charge is 2.45. The topological polar surface area (TPSA) is 72.7 Å². The molecular formula is C17H24N2O4. The number of rotatable bonds is 3. The number of hydrogen-bond acceptors (Lipinski definition) is 4. The van der Waals surface area contributed by atoms with Crippen LogP contribution >= 0.6 is 0 Å². The van der Waals surface area contributed by atoms with Gasteiger partial charge in [0.05, 0.1) is 10.5 Å². The Bertz CT molecular complexity index is 594. The average molecular weight is 320 g/mol. The lowest BCUT2D eigenvalue weighted by Gasteiger charge is -2.51. The molecule has 1 amide bonds. The van der Waals surface area contributed by atoms with Gasteiger partial charge in [-0.05, 0) is 53.0 Å². The molecule has 0 radical (unpaired) electrons. The van der Waals surface area contributed by atoms with Crippen molar-refractivity contribution in [3.05, 3.63) is 39.9 Å². The standard InChI is InChI=1S/C17H24N2O4/c1-16(2)10-7-11-17(3,4)18(16)15(20)23-12-13-8-5-6-9-14(13)19(21)22/h5-6,8-9H,7,10-12H2,1-4H3. The minimum atomic E-state index is -0.460. The zero-order valence-electron chi connectivity index (χ0n) is 14.2. The summed E-state index contributed by atoms with van der Waals surface area (Å²) in [4.78, 5) is 25.0. The van der Waals surface area contributed by atoms with Gasteiger partial charge in [0, 0.05) is 17.1 Å². The molecule has 0 bridgehead atoms. The molecule has 1 aromatic rings. The summed E-state index contributed by atoms with van der Waals surface area (Å²) in [6.07, 6.45) is 2.47. The molecule has 0 aliphatic carbocycles. The molecule has 0 unspecified atom stereocenters. The quantitative estimate of drug-likeness (QED) is 0.615. The lowest BCUT2D eigenvalue weighted by atomic mass is 9.80. The number of nitro benzene ring substituents is 1. The van der Waals surface area contributed by atoms with Crippen LogP contribution in [0.15, 0.2) is 24.3 Å². The van der Waals surface area contributed by atoms with Gasteiger partial charge in [0.1, 0.15) is 6.61 Å². The normalized spacial score (nSPS) is 19.2. The SMILES string of the molecule is CC1(C)CCCC(C)(C)N1C(=O)OCc1ccccc1[N+](=O)[O-]. The summed E-state index contributed by atoms with van der Waals surface area (Å²) in [6.45, 7) is 8.01. The predicted octanol–water partition coefficient (Wildman–Crippen LogP) is 4.27. The van der Waals surface area contributed by atoms with Crippen LogP contribution in [0.5, 0.6) is 0 Å². The van der Waals surface area contributed by atoms with Crippen LogP contribution in [0.4, 0.5) is 10.5 Å². The molecule has 0 spiro atoms. The van der Waals surface area contributed by atoms with E-state index < -0.39 is 11.0 Å². The lowest BCUT2D eigenvalue weighted by Crippen LogP contribution is -2.61. The Kier molecular flexibility index (Phi) is 4.63. The molecule has 0 atom stereocenters. The Balaban J connectivity index is 2.14. The molecule has 1 aliphatic heterocycles. The first kappa shape index (κ1) is 17.2. The van der Waals surface area contributed by atoms with Crippen molar-refractivity contribution in [1.29, 1.82) is 0 Å². The van der Waals surface area contributed by atoms with Crippen molar-refractivity contribution in [1.82, 2.24) is 4.90 Å². The van der Waals surface area contributed by atoms with Gasteiger partial charge in [0.2, 0.25) is 0 Å². The molecule has 6 heteroatoms. The number of nitro groups is 1. The summed E-state index contributed by atoms with van der Waals surface area (Å²) in [7, 11) is 0. The number of benzene rings is 1. The van der Waals surface area contributed by atoms with E-state index in [1.54, 1.807) is 23.1 Å². The maximum Gasteiger partial charge on any atom is 0.410 e. The number of amides is 1. The van der Waals surface area contributed by atoms with Gasteiger partial charge in [-0.25, -0.2) is 4.79 Å². The number of likely N-dealkylation sites (tertiary alicyclic amines) is 1. The van der Waals surface area contributed by atoms with Crippen LogP contribution in [0.3, 0.4) is 0 Å². The molecule has 1 fully saturated rings. The van der Waals surface area contributed by atoms with E-state index in [0.717, 1.165) is 19.3 Å². The molecular weight excluding hydrogens is 296 g/mol. The van der Waals surface area contributed by atoms with E-state index in [0.29, 0.717) is 5.56 Å². The first-order valence-corrected chi connectivity index (χ1v) is 7.84. The van der Waals surface area contributed by atoms with Crippen LogP contribution < -0.4 is 0 Å². The predicted molar refractivity (Wildman–Crippen MR) is 87.1 cm³/mol. The third-order valence-corrected chi connectivity index (χ3v) is 4.51. The monoisotopic (exact) mass is 320 g/mol. The molecule has 1 heterocycles. The van der Waals surface area contributed by atoms with Gasteiger partial charge >= 0.3 is 6.09 Å². The Morgan fingerprint density at radius 2 is 1.78 bits per heavy atom. The molecule has 0 N–H and O–H groups in total. The minimum Gasteiger partial charge on any atom is -0.444 e. The summed E-state index contributed by atoms with van der Waals surface area (Å²) < 4.78 is 5.41. The van der Waals surface area contributed by atoms with Gasteiger partial charge in [0.15, 0.2) is 0 Å². The Morgan fingerprint density at radius 3 is 2.35 bits per heavy atom. The van der Waals surface area contributed by atoms with Crippen molar-refractivity contribution in [3.63, 3.8) is 0 Å². The van der Waals surface area contributed by atoms with Crippen LogP contribution in [0.1, 0.15) is 52.5 Å².